The zero-order valence-electron chi connectivity index (χ0n) is 23.7. The van der Waals surface area contributed by atoms with Crippen LogP contribution in [0.3, 0.4) is 0 Å². The number of hydrogen-bond acceptors (Lipinski definition) is 10. The van der Waals surface area contributed by atoms with E-state index in [1.807, 2.05) is 52.8 Å². The Kier molecular flexibility index (Phi) is 10.8. The molecule has 13 heteroatoms. The van der Waals surface area contributed by atoms with Gasteiger partial charge in [-0.05, 0) is 49.9 Å². The average molecular weight is 566 g/mol. The topological polar surface area (TPSA) is 204 Å². The maximum atomic E-state index is 12.0. The van der Waals surface area contributed by atoms with Gasteiger partial charge in [-0.2, -0.15) is 0 Å². The molecule has 40 heavy (non-hydrogen) atoms. The number of aromatic nitrogens is 2. The van der Waals surface area contributed by atoms with Crippen molar-refractivity contribution in [2.24, 2.45) is 5.73 Å². The first-order valence-corrected chi connectivity index (χ1v) is 13.4. The number of benzene rings is 1. The van der Waals surface area contributed by atoms with Gasteiger partial charge in [0.15, 0.2) is 0 Å². The van der Waals surface area contributed by atoms with Crippen LogP contribution in [0.15, 0.2) is 18.2 Å². The molecule has 0 radical (unpaired) electrons. The SMILES string of the molecule is Cc1cc(OCCNC(=O)NC(C)(C)CN)ccc1Cc1c(OC2OC(CO)[C@@H](O)C(O)[C@H]2O)n[nH]c1C(C)C. The molecule has 1 aliphatic rings. The number of aliphatic hydroxyl groups is 4. The highest BCUT2D eigenvalue weighted by atomic mass is 16.7. The Labute approximate surface area is 234 Å². The second kappa shape index (κ2) is 13.6. The maximum absolute atomic E-state index is 12.0. The molecule has 13 nitrogen and oxygen atoms in total. The number of aryl methyl sites for hydroxylation is 1. The Bertz CT molecular complexity index is 1120. The van der Waals surface area contributed by atoms with Crippen molar-refractivity contribution in [3.63, 3.8) is 0 Å². The van der Waals surface area contributed by atoms with Gasteiger partial charge in [0.25, 0.3) is 0 Å². The van der Waals surface area contributed by atoms with Crippen LogP contribution in [0, 0.1) is 6.92 Å². The van der Waals surface area contributed by atoms with E-state index in [0.717, 1.165) is 22.4 Å². The first-order valence-electron chi connectivity index (χ1n) is 13.4. The lowest BCUT2D eigenvalue weighted by molar-refractivity contribution is -0.278. The first kappa shape index (κ1) is 31.6. The van der Waals surface area contributed by atoms with E-state index < -0.39 is 42.9 Å². The van der Waals surface area contributed by atoms with Gasteiger partial charge in [0.05, 0.1) is 13.2 Å². The molecule has 3 rings (SSSR count). The Morgan fingerprint density at radius 2 is 1.95 bits per heavy atom. The van der Waals surface area contributed by atoms with E-state index in [0.29, 0.717) is 25.3 Å². The molecule has 0 bridgehead atoms. The number of nitrogens with zero attached hydrogens (tertiary/aromatic N) is 1. The third-order valence-corrected chi connectivity index (χ3v) is 6.81. The minimum atomic E-state index is -1.56. The van der Waals surface area contributed by atoms with Crippen LogP contribution in [0.5, 0.6) is 11.6 Å². The first-order chi connectivity index (χ1) is 18.9. The normalized spacial score (nSPS) is 23.2. The van der Waals surface area contributed by atoms with Gasteiger partial charge in [0.1, 0.15) is 36.8 Å². The number of hydrogen-bond donors (Lipinski definition) is 8. The number of rotatable bonds is 12. The van der Waals surface area contributed by atoms with Gasteiger partial charge < -0.3 is 51.0 Å². The molecule has 0 aliphatic carbocycles. The number of amides is 2. The number of aromatic amines is 1. The molecule has 224 valence electrons. The molecule has 2 amide bonds. The average Bonchev–Trinajstić information content (AvgIpc) is 3.30. The third-order valence-electron chi connectivity index (χ3n) is 6.81. The van der Waals surface area contributed by atoms with Gasteiger partial charge in [0, 0.05) is 29.8 Å². The Hall–Kier alpha value is -2.94. The van der Waals surface area contributed by atoms with E-state index in [1.165, 1.54) is 0 Å². The summed E-state index contributed by atoms with van der Waals surface area (Å²) in [4.78, 5) is 12.0. The fourth-order valence-corrected chi connectivity index (χ4v) is 4.26. The number of carbonyl (C=O) groups is 1. The summed E-state index contributed by atoms with van der Waals surface area (Å²) in [7, 11) is 0. The standard InChI is InChI=1S/C27H43N5O8/c1-14(2)20-18(24(32-31-20)40-25-23(36)22(35)21(34)19(12-33)39-25)11-16-6-7-17(10-15(16)3)38-9-8-29-26(37)30-27(4,5)13-28/h6-7,10,14,19,21-23,25,33-36H,8-9,11-13,28H2,1-5H3,(H,31,32)(H2,29,30,37)/t19?,21-,22?,23-,25?/m1/s1. The van der Waals surface area contributed by atoms with Crippen LogP contribution < -0.4 is 25.8 Å². The molecular weight excluding hydrogens is 522 g/mol. The molecule has 9 N–H and O–H groups in total. The van der Waals surface area contributed by atoms with Crippen LogP contribution in [0.4, 0.5) is 4.79 Å². The smallest absolute Gasteiger partial charge is 0.315 e. The Balaban J connectivity index is 1.66. The van der Waals surface area contributed by atoms with E-state index in [9.17, 15) is 25.2 Å². The zero-order chi connectivity index (χ0) is 29.6. The summed E-state index contributed by atoms with van der Waals surface area (Å²) >= 11 is 0. The summed E-state index contributed by atoms with van der Waals surface area (Å²) in [6, 6.07) is 5.37. The van der Waals surface area contributed by atoms with Crippen LogP contribution in [0.2, 0.25) is 0 Å². The van der Waals surface area contributed by atoms with Crippen molar-refractivity contribution in [1.29, 1.82) is 0 Å². The molecule has 1 fully saturated rings. The van der Waals surface area contributed by atoms with Crippen molar-refractivity contribution in [2.75, 3.05) is 26.3 Å². The van der Waals surface area contributed by atoms with Gasteiger partial charge in [-0.15, -0.1) is 5.10 Å². The summed E-state index contributed by atoms with van der Waals surface area (Å²) in [5.74, 6) is 0.924. The predicted octanol–water partition coefficient (Wildman–Crippen LogP) is 0.0263. The molecule has 1 aromatic heterocycles. The minimum Gasteiger partial charge on any atom is -0.492 e. The lowest BCUT2D eigenvalue weighted by Gasteiger charge is -2.39. The number of nitrogens with one attached hydrogen (secondary N) is 3. The van der Waals surface area contributed by atoms with Gasteiger partial charge >= 0.3 is 6.03 Å². The molecule has 1 aliphatic heterocycles. The monoisotopic (exact) mass is 565 g/mol. The lowest BCUT2D eigenvalue weighted by atomic mass is 9.96. The molecule has 3 unspecified atom stereocenters. The van der Waals surface area contributed by atoms with Crippen molar-refractivity contribution in [2.45, 2.75) is 83.2 Å². The van der Waals surface area contributed by atoms with Crippen molar-refractivity contribution >= 4 is 6.03 Å². The molecule has 5 atom stereocenters. The van der Waals surface area contributed by atoms with E-state index in [1.54, 1.807) is 0 Å². The number of aliphatic hydroxyl groups excluding tert-OH is 4. The number of urea groups is 1. The highest BCUT2D eigenvalue weighted by Crippen LogP contribution is 2.32. The molecule has 2 heterocycles. The van der Waals surface area contributed by atoms with E-state index in [4.69, 9.17) is 19.9 Å². The van der Waals surface area contributed by atoms with Crippen LogP contribution in [-0.4, -0.2) is 99.2 Å². The highest BCUT2D eigenvalue weighted by molar-refractivity contribution is 5.74. The summed E-state index contributed by atoms with van der Waals surface area (Å²) in [6.07, 6.45) is -6.57. The quantitative estimate of drug-likeness (QED) is 0.162. The van der Waals surface area contributed by atoms with Crippen molar-refractivity contribution in [1.82, 2.24) is 20.8 Å². The minimum absolute atomic E-state index is 0.0812. The van der Waals surface area contributed by atoms with Crippen LogP contribution in [0.25, 0.3) is 0 Å². The Morgan fingerprint density at radius 1 is 1.23 bits per heavy atom. The largest absolute Gasteiger partial charge is 0.492 e. The maximum Gasteiger partial charge on any atom is 0.315 e. The van der Waals surface area contributed by atoms with Gasteiger partial charge in [-0.3, -0.25) is 5.10 Å². The molecule has 0 spiro atoms. The predicted molar refractivity (Wildman–Crippen MR) is 146 cm³/mol. The second-order valence-electron chi connectivity index (χ2n) is 11.0. The molecule has 1 saturated heterocycles. The van der Waals surface area contributed by atoms with Crippen molar-refractivity contribution in [3.8, 4) is 11.6 Å². The summed E-state index contributed by atoms with van der Waals surface area (Å²) in [5.41, 5.74) is 8.66. The molecular formula is C27H43N5O8. The number of H-pyrrole nitrogens is 1. The van der Waals surface area contributed by atoms with E-state index in [2.05, 4.69) is 20.8 Å². The zero-order valence-corrected chi connectivity index (χ0v) is 23.7. The van der Waals surface area contributed by atoms with Gasteiger partial charge in [-0.25, -0.2) is 4.79 Å². The van der Waals surface area contributed by atoms with Crippen LogP contribution in [-0.2, 0) is 11.2 Å². The third kappa shape index (κ3) is 7.83. The summed E-state index contributed by atoms with van der Waals surface area (Å²) < 4.78 is 17.2. The highest BCUT2D eigenvalue weighted by Gasteiger charge is 2.45. The number of carbonyl (C=O) groups excluding carboxylic acids is 1. The van der Waals surface area contributed by atoms with Gasteiger partial charge in [-0.1, -0.05) is 19.9 Å². The molecule has 0 saturated carbocycles. The molecule has 2 aromatic rings. The summed E-state index contributed by atoms with van der Waals surface area (Å²) in [6.45, 7) is 10.0. The van der Waals surface area contributed by atoms with E-state index >= 15 is 0 Å². The number of nitrogens with two attached hydrogens (primary N) is 1. The van der Waals surface area contributed by atoms with E-state index in [-0.39, 0.29) is 24.4 Å². The van der Waals surface area contributed by atoms with Gasteiger partial charge in [0.2, 0.25) is 12.2 Å². The number of ether oxygens (including phenoxy) is 3. The summed E-state index contributed by atoms with van der Waals surface area (Å²) in [5, 5.41) is 52.9. The lowest BCUT2D eigenvalue weighted by Crippen LogP contribution is -2.60. The van der Waals surface area contributed by atoms with Crippen LogP contribution >= 0.6 is 0 Å². The second-order valence-corrected chi connectivity index (χ2v) is 11.0. The Morgan fingerprint density at radius 3 is 2.58 bits per heavy atom. The van der Waals surface area contributed by atoms with Crippen molar-refractivity contribution < 1.29 is 39.4 Å². The van der Waals surface area contributed by atoms with Crippen LogP contribution in [0.1, 0.15) is 56.0 Å². The van der Waals surface area contributed by atoms with Crippen molar-refractivity contribution in [3.05, 3.63) is 40.6 Å². The molecule has 1 aromatic carbocycles. The fourth-order valence-electron chi connectivity index (χ4n) is 4.26. The fraction of sp³-hybridized carbons (Fsp3) is 0.630.